The van der Waals surface area contributed by atoms with Crippen molar-refractivity contribution in [3.8, 4) is 0 Å². The van der Waals surface area contributed by atoms with E-state index in [1.165, 1.54) is 0 Å². The number of carboxylic acids is 1. The number of carboxylic acid groups (broad SMARTS) is 1. The number of carbonyl (C=O) groups is 1. The van der Waals surface area contributed by atoms with Gasteiger partial charge < -0.3 is 19.4 Å². The summed E-state index contributed by atoms with van der Waals surface area (Å²) in [6.45, 7) is 15.6. The fourth-order valence-electron chi connectivity index (χ4n) is 3.25. The first-order valence-electron chi connectivity index (χ1n) is 7.74. The van der Waals surface area contributed by atoms with Crippen LogP contribution in [0.3, 0.4) is 0 Å². The molecule has 0 aromatic carbocycles. The number of hydrogen-bond acceptors (Lipinski definition) is 4. The van der Waals surface area contributed by atoms with Crippen molar-refractivity contribution in [3.05, 3.63) is 12.2 Å². The molecule has 0 aromatic heterocycles. The average Bonchev–Trinajstić information content (AvgIpc) is 2.33. The molecule has 0 aromatic rings. The number of aliphatic hydroxyl groups is 2. The monoisotopic (exact) mass is 348 g/mol. The quantitative estimate of drug-likeness (QED) is 0.417. The smallest absolute Gasteiger partial charge is 0.331 e. The summed E-state index contributed by atoms with van der Waals surface area (Å²) >= 11 is 0. The molecule has 0 aliphatic carbocycles. The van der Waals surface area contributed by atoms with Crippen LogP contribution in [0.25, 0.3) is 0 Å². The van der Waals surface area contributed by atoms with Gasteiger partial charge in [0.2, 0.25) is 0 Å². The molecule has 0 fully saturated rings. The fraction of sp³-hybridized carbons (Fsp3) is 0.800. The third-order valence-corrected chi connectivity index (χ3v) is 11.6. The number of aliphatic hydroxyl groups excluding tert-OH is 2. The van der Waals surface area contributed by atoms with Gasteiger partial charge in [-0.2, -0.15) is 0 Å². The Kier molecular flexibility index (Phi) is 7.70. The van der Waals surface area contributed by atoms with Crippen LogP contribution in [0.4, 0.5) is 0 Å². The van der Waals surface area contributed by atoms with Crippen molar-refractivity contribution >= 4 is 22.6 Å². The van der Waals surface area contributed by atoms with E-state index in [1.807, 2.05) is 20.0 Å². The lowest BCUT2D eigenvalue weighted by atomic mass is 9.88. The number of hydrogen-bond donors (Lipinski definition) is 3. The van der Waals surface area contributed by atoms with Crippen molar-refractivity contribution < 1.29 is 24.2 Å². The predicted octanol–water partition coefficient (Wildman–Crippen LogP) is 2.97. The lowest BCUT2D eigenvalue weighted by molar-refractivity contribution is -0.133. The van der Waals surface area contributed by atoms with Gasteiger partial charge in [0.15, 0.2) is 16.6 Å². The molecular formula is C15H32O5Si2. The highest BCUT2D eigenvalue weighted by atomic mass is 28.4. The molecule has 0 aliphatic rings. The van der Waals surface area contributed by atoms with Crippen molar-refractivity contribution in [1.29, 1.82) is 0 Å². The summed E-state index contributed by atoms with van der Waals surface area (Å²) in [7, 11) is -4.42. The van der Waals surface area contributed by atoms with Crippen LogP contribution < -0.4 is 0 Å². The summed E-state index contributed by atoms with van der Waals surface area (Å²) in [6.07, 6.45) is 0.542. The predicted molar refractivity (Wildman–Crippen MR) is 94.0 cm³/mol. The Balaban J connectivity index is 6.00. The van der Waals surface area contributed by atoms with Gasteiger partial charge in [-0.25, -0.2) is 4.79 Å². The normalized spacial score (nSPS) is 16.9. The lowest BCUT2D eigenvalue weighted by Crippen LogP contribution is -2.54. The van der Waals surface area contributed by atoms with Crippen molar-refractivity contribution in [2.24, 2.45) is 0 Å². The standard InChI is InChI=1S/C15H32O5Si2/c1-8-9-15(10-13(17)11-16,12(2)14(18)19)22(6,7)20-21(3,4)5/h13,16-17H,2,8-11H2,1,3-7H3,(H,18,19). The molecule has 0 saturated heterocycles. The van der Waals surface area contributed by atoms with Crippen LogP contribution in [-0.2, 0) is 8.91 Å². The van der Waals surface area contributed by atoms with Gasteiger partial charge in [0.25, 0.3) is 0 Å². The SMILES string of the molecule is C=C(C(=O)O)C(CCC)(CC(O)CO)[Si](C)(C)O[Si](C)(C)C. The molecular weight excluding hydrogens is 316 g/mol. The third-order valence-electron chi connectivity index (χ3n) is 4.02. The zero-order valence-electron chi connectivity index (χ0n) is 14.8. The van der Waals surface area contributed by atoms with Gasteiger partial charge >= 0.3 is 5.97 Å². The maximum Gasteiger partial charge on any atom is 0.331 e. The first kappa shape index (κ1) is 21.5. The Bertz CT molecular complexity index is 403. The molecule has 3 N–H and O–H groups in total. The highest BCUT2D eigenvalue weighted by Crippen LogP contribution is 2.53. The molecule has 0 saturated carbocycles. The first-order chi connectivity index (χ1) is 9.83. The summed E-state index contributed by atoms with van der Waals surface area (Å²) in [5.41, 5.74) is 0.0942. The Morgan fingerprint density at radius 3 is 2.09 bits per heavy atom. The Labute approximate surface area is 136 Å². The molecule has 7 heteroatoms. The Morgan fingerprint density at radius 2 is 1.77 bits per heavy atom. The molecule has 5 nitrogen and oxygen atoms in total. The second-order valence-electron chi connectivity index (χ2n) is 7.38. The molecule has 0 heterocycles. The Morgan fingerprint density at radius 1 is 1.27 bits per heavy atom. The van der Waals surface area contributed by atoms with E-state index in [9.17, 15) is 20.1 Å². The third kappa shape index (κ3) is 5.31. The van der Waals surface area contributed by atoms with Crippen molar-refractivity contribution in [1.82, 2.24) is 0 Å². The van der Waals surface area contributed by atoms with E-state index in [0.717, 1.165) is 6.42 Å². The van der Waals surface area contributed by atoms with Crippen LogP contribution >= 0.6 is 0 Å². The summed E-state index contributed by atoms with van der Waals surface area (Å²) in [5, 5.41) is 28.0. The fourth-order valence-corrected chi connectivity index (χ4v) is 12.6. The van der Waals surface area contributed by atoms with Gasteiger partial charge in [0.1, 0.15) is 0 Å². The Hall–Kier alpha value is -0.476. The minimum Gasteiger partial charge on any atom is -0.478 e. The molecule has 2 unspecified atom stereocenters. The van der Waals surface area contributed by atoms with Crippen LogP contribution in [0.5, 0.6) is 0 Å². The molecule has 2 atom stereocenters. The minimum atomic E-state index is -2.53. The largest absolute Gasteiger partial charge is 0.478 e. The van der Waals surface area contributed by atoms with E-state index in [0.29, 0.717) is 6.42 Å². The zero-order chi connectivity index (χ0) is 17.8. The van der Waals surface area contributed by atoms with E-state index in [4.69, 9.17) is 4.12 Å². The van der Waals surface area contributed by atoms with E-state index in [2.05, 4.69) is 26.2 Å². The second-order valence-corrected chi connectivity index (χ2v) is 16.4. The zero-order valence-corrected chi connectivity index (χ0v) is 16.8. The number of rotatable bonds is 10. The van der Waals surface area contributed by atoms with Gasteiger partial charge in [-0.05, 0) is 45.6 Å². The van der Waals surface area contributed by atoms with Gasteiger partial charge in [0, 0.05) is 10.6 Å². The maximum atomic E-state index is 11.6. The van der Waals surface area contributed by atoms with E-state index >= 15 is 0 Å². The molecule has 22 heavy (non-hydrogen) atoms. The van der Waals surface area contributed by atoms with Crippen molar-refractivity contribution in [2.45, 2.75) is 70.1 Å². The summed E-state index contributed by atoms with van der Waals surface area (Å²) in [4.78, 5) is 11.6. The average molecular weight is 349 g/mol. The molecule has 130 valence electrons. The maximum absolute atomic E-state index is 11.6. The van der Waals surface area contributed by atoms with Crippen LogP contribution in [-0.4, -0.2) is 50.6 Å². The van der Waals surface area contributed by atoms with Gasteiger partial charge in [-0.3, -0.25) is 0 Å². The van der Waals surface area contributed by atoms with E-state index in [-0.39, 0.29) is 12.0 Å². The van der Waals surface area contributed by atoms with Crippen molar-refractivity contribution in [3.63, 3.8) is 0 Å². The molecule has 0 amide bonds. The molecule has 0 aliphatic heterocycles. The second kappa shape index (κ2) is 7.87. The number of aliphatic carboxylic acids is 1. The van der Waals surface area contributed by atoms with E-state index in [1.54, 1.807) is 0 Å². The highest BCUT2D eigenvalue weighted by Gasteiger charge is 2.53. The topological polar surface area (TPSA) is 87.0 Å². The minimum absolute atomic E-state index is 0.0942. The molecule has 0 spiro atoms. The van der Waals surface area contributed by atoms with Crippen molar-refractivity contribution in [2.75, 3.05) is 6.61 Å². The van der Waals surface area contributed by atoms with Crippen LogP contribution in [0, 0.1) is 0 Å². The van der Waals surface area contributed by atoms with Crippen LogP contribution in [0.15, 0.2) is 12.2 Å². The van der Waals surface area contributed by atoms with E-state index < -0.39 is 40.4 Å². The van der Waals surface area contributed by atoms with Crippen LogP contribution in [0.2, 0.25) is 37.8 Å². The molecule has 0 rings (SSSR count). The summed E-state index contributed by atoms with van der Waals surface area (Å²) < 4.78 is 6.42. The molecule has 0 bridgehead atoms. The molecule has 0 radical (unpaired) electrons. The van der Waals surface area contributed by atoms with Crippen LogP contribution in [0.1, 0.15) is 26.2 Å². The summed E-state index contributed by atoms with van der Waals surface area (Å²) in [6, 6.07) is 0. The lowest BCUT2D eigenvalue weighted by Gasteiger charge is -2.48. The van der Waals surface area contributed by atoms with Gasteiger partial charge in [-0.1, -0.05) is 19.9 Å². The van der Waals surface area contributed by atoms with Gasteiger partial charge in [0.05, 0.1) is 12.7 Å². The summed E-state index contributed by atoms with van der Waals surface area (Å²) in [5.74, 6) is -1.06. The highest BCUT2D eigenvalue weighted by molar-refractivity contribution is 6.86. The first-order valence-corrected chi connectivity index (χ1v) is 14.1. The van der Waals surface area contributed by atoms with Gasteiger partial charge in [-0.15, -0.1) is 0 Å².